The third-order valence-corrected chi connectivity index (χ3v) is 5.10. The highest BCUT2D eigenvalue weighted by atomic mass is 32.2. The topological polar surface area (TPSA) is 78.8 Å². The van der Waals surface area contributed by atoms with Crippen molar-refractivity contribution >= 4 is 17.7 Å². The lowest BCUT2D eigenvalue weighted by atomic mass is 9.94. The second-order valence-corrected chi connectivity index (χ2v) is 6.31. The number of phenols is 2. The van der Waals surface area contributed by atoms with Crippen LogP contribution in [0.4, 0.5) is 0 Å². The monoisotopic (exact) mass is 295 g/mol. The molecule has 108 valence electrons. The van der Waals surface area contributed by atoms with Crippen molar-refractivity contribution < 1.29 is 19.7 Å². The number of thioether (sulfide) groups is 1. The van der Waals surface area contributed by atoms with Crippen LogP contribution in [-0.4, -0.2) is 40.3 Å². The number of fused-ring (bicyclic) bond motifs is 1. The fraction of sp³-hybridized carbons (Fsp3) is 0.500. The molecule has 0 bridgehead atoms. The fourth-order valence-electron chi connectivity index (χ4n) is 2.66. The Hall–Kier alpha value is -1.40. The number of hydrogen-bond donors (Lipinski definition) is 3. The van der Waals surface area contributed by atoms with Crippen molar-refractivity contribution in [1.82, 2.24) is 5.32 Å². The number of phenolic OH excluding ortho intramolecular Hbond substituents is 2. The third kappa shape index (κ3) is 2.58. The Morgan fingerprint density at radius 2 is 2.15 bits per heavy atom. The van der Waals surface area contributed by atoms with Crippen LogP contribution in [0.2, 0.25) is 0 Å². The van der Waals surface area contributed by atoms with Gasteiger partial charge in [0.05, 0.1) is 6.61 Å². The summed E-state index contributed by atoms with van der Waals surface area (Å²) >= 11 is 1.59. The van der Waals surface area contributed by atoms with E-state index in [4.69, 9.17) is 4.74 Å². The summed E-state index contributed by atoms with van der Waals surface area (Å²) in [6.45, 7) is 1.34. The van der Waals surface area contributed by atoms with Crippen molar-refractivity contribution in [2.75, 3.05) is 18.9 Å². The molecule has 0 saturated carbocycles. The van der Waals surface area contributed by atoms with Gasteiger partial charge in [-0.2, -0.15) is 0 Å². The highest BCUT2D eigenvalue weighted by molar-refractivity contribution is 8.00. The summed E-state index contributed by atoms with van der Waals surface area (Å²) in [4.78, 5) is 11.5. The second-order valence-electron chi connectivity index (χ2n) is 5.07. The van der Waals surface area contributed by atoms with Gasteiger partial charge in [0.25, 0.3) is 0 Å². The molecule has 2 aliphatic heterocycles. The lowest BCUT2D eigenvalue weighted by Gasteiger charge is -2.27. The number of benzene rings is 1. The molecule has 1 saturated heterocycles. The number of hydrogen-bond acceptors (Lipinski definition) is 6. The van der Waals surface area contributed by atoms with Gasteiger partial charge in [-0.15, -0.1) is 11.8 Å². The van der Waals surface area contributed by atoms with Crippen LogP contribution in [0.15, 0.2) is 12.1 Å². The minimum atomic E-state index is -0.125. The number of nitrogens with one attached hydrogen (secondary N) is 1. The zero-order valence-electron chi connectivity index (χ0n) is 11.0. The van der Waals surface area contributed by atoms with Crippen LogP contribution in [0.5, 0.6) is 11.5 Å². The number of aromatic hydroxyl groups is 2. The molecule has 0 aliphatic carbocycles. The van der Waals surface area contributed by atoms with E-state index in [0.29, 0.717) is 6.61 Å². The third-order valence-electron chi connectivity index (χ3n) is 3.75. The van der Waals surface area contributed by atoms with Crippen LogP contribution < -0.4 is 5.32 Å². The van der Waals surface area contributed by atoms with E-state index in [1.807, 2.05) is 0 Å². The Kier molecular flexibility index (Phi) is 3.76. The summed E-state index contributed by atoms with van der Waals surface area (Å²) in [5.74, 6) is 0.454. The lowest BCUT2D eigenvalue weighted by Crippen LogP contribution is -2.32. The van der Waals surface area contributed by atoms with Crippen molar-refractivity contribution in [1.29, 1.82) is 0 Å². The van der Waals surface area contributed by atoms with Crippen LogP contribution in [0.25, 0.3) is 0 Å². The van der Waals surface area contributed by atoms with Crippen LogP contribution in [0.1, 0.15) is 23.6 Å². The van der Waals surface area contributed by atoms with Crippen molar-refractivity contribution in [3.8, 4) is 11.5 Å². The minimum Gasteiger partial charge on any atom is -0.504 e. The molecule has 1 fully saturated rings. The normalized spacial score (nSPS) is 25.3. The molecule has 0 amide bonds. The van der Waals surface area contributed by atoms with Crippen LogP contribution in [0, 0.1) is 0 Å². The van der Waals surface area contributed by atoms with Crippen LogP contribution >= 0.6 is 11.8 Å². The van der Waals surface area contributed by atoms with E-state index < -0.39 is 0 Å². The smallest absolute Gasteiger partial charge is 0.319 e. The first kappa shape index (κ1) is 13.6. The molecule has 2 atom stereocenters. The largest absolute Gasteiger partial charge is 0.504 e. The Morgan fingerprint density at radius 1 is 1.35 bits per heavy atom. The number of carbonyl (C=O) groups excluding carboxylic acids is 1. The quantitative estimate of drug-likeness (QED) is 0.577. The van der Waals surface area contributed by atoms with E-state index >= 15 is 0 Å². The number of rotatable bonds is 3. The molecule has 3 N–H and O–H groups in total. The van der Waals surface area contributed by atoms with Crippen molar-refractivity contribution in [2.45, 2.75) is 24.1 Å². The molecule has 0 aromatic heterocycles. The van der Waals surface area contributed by atoms with Crippen molar-refractivity contribution in [2.24, 2.45) is 0 Å². The maximum Gasteiger partial charge on any atom is 0.319 e. The summed E-state index contributed by atoms with van der Waals surface area (Å²) in [5.41, 5.74) is 2.06. The highest BCUT2D eigenvalue weighted by Gasteiger charge is 2.29. The number of carbonyl (C=O) groups is 1. The predicted octanol–water partition coefficient (Wildman–Crippen LogP) is 1.33. The summed E-state index contributed by atoms with van der Waals surface area (Å²) < 4.78 is 4.96. The average Bonchev–Trinajstić information content (AvgIpc) is 2.83. The summed E-state index contributed by atoms with van der Waals surface area (Å²) in [6, 6.07) is 3.34. The van der Waals surface area contributed by atoms with E-state index in [9.17, 15) is 15.0 Å². The first-order valence-electron chi connectivity index (χ1n) is 6.71. The number of esters is 1. The molecule has 5 nitrogen and oxygen atoms in total. The van der Waals surface area contributed by atoms with Crippen LogP contribution in [0.3, 0.4) is 0 Å². The summed E-state index contributed by atoms with van der Waals surface area (Å²) in [5, 5.41) is 22.5. The van der Waals surface area contributed by atoms with Gasteiger partial charge in [-0.3, -0.25) is 4.79 Å². The van der Waals surface area contributed by atoms with Gasteiger partial charge in [-0.1, -0.05) is 0 Å². The first-order chi connectivity index (χ1) is 9.65. The summed E-state index contributed by atoms with van der Waals surface area (Å²) in [6.07, 6.45) is 1.60. The van der Waals surface area contributed by atoms with Gasteiger partial charge in [0.2, 0.25) is 0 Å². The second kappa shape index (κ2) is 5.54. The van der Waals surface area contributed by atoms with Gasteiger partial charge in [0.1, 0.15) is 5.25 Å². The Bertz CT molecular complexity index is 534. The molecular formula is C14H17NO4S. The Balaban J connectivity index is 1.73. The van der Waals surface area contributed by atoms with Crippen LogP contribution in [-0.2, 0) is 16.0 Å². The lowest BCUT2D eigenvalue weighted by molar-refractivity contribution is -0.137. The Morgan fingerprint density at radius 3 is 2.90 bits per heavy atom. The van der Waals surface area contributed by atoms with E-state index in [1.54, 1.807) is 23.9 Å². The first-order valence-corrected chi connectivity index (χ1v) is 7.76. The number of ether oxygens (including phenoxy) is 1. The molecule has 3 rings (SSSR count). The van der Waals surface area contributed by atoms with Gasteiger partial charge >= 0.3 is 5.97 Å². The maximum absolute atomic E-state index is 11.5. The van der Waals surface area contributed by atoms with E-state index in [2.05, 4.69) is 5.32 Å². The van der Waals surface area contributed by atoms with Gasteiger partial charge < -0.3 is 20.3 Å². The molecule has 2 unspecified atom stereocenters. The SMILES string of the molecule is O=C1OCCC1SCC1NCCc2cc(O)c(O)cc21. The highest BCUT2D eigenvalue weighted by Crippen LogP contribution is 2.36. The van der Waals surface area contributed by atoms with Crippen molar-refractivity contribution in [3.05, 3.63) is 23.3 Å². The maximum atomic E-state index is 11.5. The number of cyclic esters (lactones) is 1. The van der Waals surface area contributed by atoms with E-state index in [0.717, 1.165) is 36.3 Å². The molecule has 6 heteroatoms. The standard InChI is InChI=1S/C14H17NO4S/c16-11-5-8-1-3-15-10(9(8)6-12(11)17)7-20-13-2-4-19-14(13)18/h5-6,10,13,15-17H,1-4,7H2. The van der Waals surface area contributed by atoms with Gasteiger partial charge in [0.15, 0.2) is 11.5 Å². The van der Waals surface area contributed by atoms with Gasteiger partial charge in [-0.05, 0) is 36.2 Å². The molecular weight excluding hydrogens is 278 g/mol. The molecule has 20 heavy (non-hydrogen) atoms. The molecule has 1 aromatic rings. The Labute approximate surface area is 121 Å². The van der Waals surface area contributed by atoms with Crippen molar-refractivity contribution in [3.63, 3.8) is 0 Å². The predicted molar refractivity (Wildman–Crippen MR) is 76.0 cm³/mol. The molecule has 1 aromatic carbocycles. The van der Waals surface area contributed by atoms with Gasteiger partial charge in [-0.25, -0.2) is 0 Å². The molecule has 2 aliphatic rings. The van der Waals surface area contributed by atoms with Gasteiger partial charge in [0, 0.05) is 18.2 Å². The van der Waals surface area contributed by atoms with E-state index in [-0.39, 0.29) is 28.8 Å². The molecule has 0 spiro atoms. The average molecular weight is 295 g/mol. The zero-order chi connectivity index (χ0) is 14.1. The molecule has 2 heterocycles. The van der Waals surface area contributed by atoms with E-state index in [1.165, 1.54) is 0 Å². The molecule has 0 radical (unpaired) electrons. The summed E-state index contributed by atoms with van der Waals surface area (Å²) in [7, 11) is 0. The zero-order valence-corrected chi connectivity index (χ0v) is 11.8. The fourth-order valence-corrected chi connectivity index (χ4v) is 3.85. The minimum absolute atomic E-state index is 0.0728.